The minimum atomic E-state index is 0.0658. The van der Waals surface area contributed by atoms with Crippen LogP contribution in [0.5, 0.6) is 0 Å². The van der Waals surface area contributed by atoms with Crippen LogP contribution in [0.15, 0.2) is 6.20 Å². The fourth-order valence-corrected chi connectivity index (χ4v) is 2.31. The van der Waals surface area contributed by atoms with Crippen molar-refractivity contribution in [2.45, 2.75) is 19.8 Å². The molecule has 2 heterocycles. The lowest BCUT2D eigenvalue weighted by molar-refractivity contribution is 0.0784. The van der Waals surface area contributed by atoms with Gasteiger partial charge in [-0.05, 0) is 25.7 Å². The molecule has 94 valence electrons. The highest BCUT2D eigenvalue weighted by Crippen LogP contribution is 2.21. The molecule has 1 aliphatic heterocycles. The Morgan fingerprint density at radius 2 is 2.41 bits per heavy atom. The van der Waals surface area contributed by atoms with E-state index in [1.807, 2.05) is 18.9 Å². The monoisotopic (exact) mass is 237 g/mol. The van der Waals surface area contributed by atoms with Crippen molar-refractivity contribution in [1.82, 2.24) is 14.7 Å². The maximum atomic E-state index is 12.2. The molecule has 2 rings (SSSR count). The maximum Gasteiger partial charge on any atom is 0.257 e. The summed E-state index contributed by atoms with van der Waals surface area (Å²) in [6.45, 7) is 3.66. The van der Waals surface area contributed by atoms with Crippen LogP contribution in [-0.2, 0) is 7.05 Å². The molecule has 1 atom stereocenters. The minimum absolute atomic E-state index is 0.0658. The maximum absolute atomic E-state index is 12.2. The van der Waals surface area contributed by atoms with Gasteiger partial charge in [0.25, 0.3) is 5.91 Å². The zero-order chi connectivity index (χ0) is 12.4. The first-order chi connectivity index (χ1) is 8.13. The Morgan fingerprint density at radius 1 is 1.65 bits per heavy atom. The number of aryl methyl sites for hydroxylation is 1. The van der Waals surface area contributed by atoms with E-state index in [0.29, 0.717) is 11.5 Å². The molecule has 1 aromatic rings. The number of carbonyl (C=O) groups excluding carboxylic acids is 1. The van der Waals surface area contributed by atoms with Crippen LogP contribution in [0.2, 0.25) is 0 Å². The van der Waals surface area contributed by atoms with Crippen LogP contribution in [0.25, 0.3) is 0 Å². The van der Waals surface area contributed by atoms with Gasteiger partial charge in [0.2, 0.25) is 0 Å². The third-order valence-corrected chi connectivity index (χ3v) is 3.58. The summed E-state index contributed by atoms with van der Waals surface area (Å²) >= 11 is 0. The summed E-state index contributed by atoms with van der Waals surface area (Å²) in [6.07, 6.45) is 3.42. The van der Waals surface area contributed by atoms with E-state index in [1.165, 1.54) is 0 Å². The zero-order valence-corrected chi connectivity index (χ0v) is 10.4. The molecule has 1 N–H and O–H groups in total. The second-order valence-electron chi connectivity index (χ2n) is 4.69. The average molecular weight is 237 g/mol. The van der Waals surface area contributed by atoms with E-state index in [1.54, 1.807) is 10.9 Å². The third kappa shape index (κ3) is 2.34. The van der Waals surface area contributed by atoms with Crippen molar-refractivity contribution in [2.75, 3.05) is 19.7 Å². The van der Waals surface area contributed by atoms with E-state index >= 15 is 0 Å². The fraction of sp³-hybridized carbons (Fsp3) is 0.667. The van der Waals surface area contributed by atoms with Crippen molar-refractivity contribution < 1.29 is 9.90 Å². The summed E-state index contributed by atoms with van der Waals surface area (Å²) in [5, 5.41) is 13.0. The molecule has 0 saturated carbocycles. The standard InChI is InChI=1S/C12H19N3O2/c1-9-11(7-13-14(9)2)12(17)15-5-3-10(8-15)4-6-16/h7,10,16H,3-6,8H2,1-2H3. The summed E-state index contributed by atoms with van der Waals surface area (Å²) in [4.78, 5) is 14.1. The van der Waals surface area contributed by atoms with Gasteiger partial charge in [-0.15, -0.1) is 0 Å². The molecule has 1 fully saturated rings. The molecule has 0 bridgehead atoms. The van der Waals surface area contributed by atoms with Crippen molar-refractivity contribution >= 4 is 5.91 Å². The first-order valence-corrected chi connectivity index (χ1v) is 6.02. The van der Waals surface area contributed by atoms with Crippen LogP contribution >= 0.6 is 0 Å². The highest BCUT2D eigenvalue weighted by molar-refractivity contribution is 5.95. The van der Waals surface area contributed by atoms with Crippen molar-refractivity contribution in [3.05, 3.63) is 17.5 Å². The molecule has 17 heavy (non-hydrogen) atoms. The lowest BCUT2D eigenvalue weighted by atomic mass is 10.1. The summed E-state index contributed by atoms with van der Waals surface area (Å²) in [6, 6.07) is 0. The highest BCUT2D eigenvalue weighted by atomic mass is 16.3. The number of hydrogen-bond donors (Lipinski definition) is 1. The molecule has 1 aromatic heterocycles. The van der Waals surface area contributed by atoms with Gasteiger partial charge < -0.3 is 10.0 Å². The largest absolute Gasteiger partial charge is 0.396 e. The quantitative estimate of drug-likeness (QED) is 0.836. The van der Waals surface area contributed by atoms with E-state index in [0.717, 1.165) is 31.6 Å². The Balaban J connectivity index is 2.04. The number of hydrogen-bond acceptors (Lipinski definition) is 3. The predicted octanol–water partition coefficient (Wildman–Crippen LogP) is 0.573. The lowest BCUT2D eigenvalue weighted by Gasteiger charge is -2.16. The second-order valence-corrected chi connectivity index (χ2v) is 4.69. The first-order valence-electron chi connectivity index (χ1n) is 6.02. The second kappa shape index (κ2) is 4.87. The fourth-order valence-electron chi connectivity index (χ4n) is 2.31. The van der Waals surface area contributed by atoms with E-state index in [-0.39, 0.29) is 12.5 Å². The van der Waals surface area contributed by atoms with Gasteiger partial charge in [0.05, 0.1) is 11.8 Å². The van der Waals surface area contributed by atoms with Crippen LogP contribution in [-0.4, -0.2) is 45.4 Å². The summed E-state index contributed by atoms with van der Waals surface area (Å²) in [7, 11) is 1.84. The van der Waals surface area contributed by atoms with Gasteiger partial charge in [0, 0.05) is 32.4 Å². The van der Waals surface area contributed by atoms with Crippen LogP contribution in [0, 0.1) is 12.8 Å². The number of aliphatic hydroxyl groups is 1. The molecule has 0 radical (unpaired) electrons. The molecule has 1 saturated heterocycles. The Morgan fingerprint density at radius 3 is 3.00 bits per heavy atom. The normalized spacial score (nSPS) is 19.9. The Hall–Kier alpha value is -1.36. The van der Waals surface area contributed by atoms with Gasteiger partial charge >= 0.3 is 0 Å². The van der Waals surface area contributed by atoms with E-state index in [9.17, 15) is 4.79 Å². The average Bonchev–Trinajstić information content (AvgIpc) is 2.88. The Labute approximate surface area is 101 Å². The number of likely N-dealkylation sites (tertiary alicyclic amines) is 1. The van der Waals surface area contributed by atoms with Crippen LogP contribution in [0.1, 0.15) is 28.9 Å². The molecule has 5 nitrogen and oxygen atoms in total. The van der Waals surface area contributed by atoms with Crippen molar-refractivity contribution in [3.8, 4) is 0 Å². The van der Waals surface area contributed by atoms with Crippen molar-refractivity contribution in [3.63, 3.8) is 0 Å². The molecule has 5 heteroatoms. The van der Waals surface area contributed by atoms with Crippen LogP contribution in [0.4, 0.5) is 0 Å². The smallest absolute Gasteiger partial charge is 0.257 e. The van der Waals surface area contributed by atoms with Crippen molar-refractivity contribution in [1.29, 1.82) is 0 Å². The molecule has 0 spiro atoms. The Kier molecular flexibility index (Phi) is 3.47. The highest BCUT2D eigenvalue weighted by Gasteiger charge is 2.28. The Bertz CT molecular complexity index is 414. The van der Waals surface area contributed by atoms with Gasteiger partial charge in [-0.2, -0.15) is 5.10 Å². The van der Waals surface area contributed by atoms with Gasteiger partial charge in [-0.1, -0.05) is 0 Å². The van der Waals surface area contributed by atoms with E-state index < -0.39 is 0 Å². The minimum Gasteiger partial charge on any atom is -0.396 e. The van der Waals surface area contributed by atoms with Gasteiger partial charge in [0.15, 0.2) is 0 Å². The van der Waals surface area contributed by atoms with E-state index in [2.05, 4.69) is 5.10 Å². The molecular formula is C12H19N3O2. The topological polar surface area (TPSA) is 58.4 Å². The lowest BCUT2D eigenvalue weighted by Crippen LogP contribution is -2.29. The van der Waals surface area contributed by atoms with Gasteiger partial charge in [0.1, 0.15) is 0 Å². The first kappa shape index (κ1) is 12.1. The summed E-state index contributed by atoms with van der Waals surface area (Å²) in [5.74, 6) is 0.511. The molecule has 0 aromatic carbocycles. The molecular weight excluding hydrogens is 218 g/mol. The number of amides is 1. The molecule has 0 aliphatic carbocycles. The van der Waals surface area contributed by atoms with Crippen LogP contribution < -0.4 is 0 Å². The number of aliphatic hydroxyl groups excluding tert-OH is 1. The predicted molar refractivity (Wildman–Crippen MR) is 63.7 cm³/mol. The van der Waals surface area contributed by atoms with E-state index in [4.69, 9.17) is 5.11 Å². The van der Waals surface area contributed by atoms with Crippen LogP contribution in [0.3, 0.4) is 0 Å². The number of aromatic nitrogens is 2. The van der Waals surface area contributed by atoms with Gasteiger partial charge in [-0.25, -0.2) is 0 Å². The number of nitrogens with zero attached hydrogens (tertiary/aromatic N) is 3. The van der Waals surface area contributed by atoms with Crippen molar-refractivity contribution in [2.24, 2.45) is 13.0 Å². The summed E-state index contributed by atoms with van der Waals surface area (Å²) < 4.78 is 1.72. The SMILES string of the molecule is Cc1c(C(=O)N2CCC(CCO)C2)cnn1C. The zero-order valence-electron chi connectivity index (χ0n) is 10.4. The number of carbonyl (C=O) groups is 1. The number of rotatable bonds is 3. The molecule has 1 aliphatic rings. The third-order valence-electron chi connectivity index (χ3n) is 3.58. The molecule has 1 unspecified atom stereocenters. The summed E-state index contributed by atoms with van der Waals surface area (Å²) in [5.41, 5.74) is 1.60. The van der Waals surface area contributed by atoms with Gasteiger partial charge in [-0.3, -0.25) is 9.48 Å². The molecule has 1 amide bonds.